The predicted octanol–water partition coefficient (Wildman–Crippen LogP) is 1.14. The van der Waals surface area contributed by atoms with Crippen LogP contribution in [0.2, 0.25) is 0 Å². The van der Waals surface area contributed by atoms with Crippen molar-refractivity contribution < 1.29 is 4.74 Å². The van der Waals surface area contributed by atoms with E-state index < -0.39 is 0 Å². The maximum atomic E-state index is 5.66. The summed E-state index contributed by atoms with van der Waals surface area (Å²) >= 11 is 0. The zero-order valence-corrected chi connectivity index (χ0v) is 8.81. The Morgan fingerprint density at radius 2 is 2.20 bits per heavy atom. The Bertz CT molecular complexity index is 450. The number of nitrogens with zero attached hydrogens (tertiary/aromatic N) is 2. The van der Waals surface area contributed by atoms with Crippen LogP contribution in [0.5, 0.6) is 0 Å². The van der Waals surface area contributed by atoms with Crippen molar-refractivity contribution in [3.05, 3.63) is 30.1 Å². The van der Waals surface area contributed by atoms with Gasteiger partial charge in [-0.05, 0) is 12.1 Å². The van der Waals surface area contributed by atoms with E-state index in [0.717, 1.165) is 23.4 Å². The molecule has 4 heteroatoms. The minimum Gasteiger partial charge on any atom is -0.383 e. The zero-order chi connectivity index (χ0) is 10.7. The quantitative estimate of drug-likeness (QED) is 0.814. The average molecular weight is 205 g/mol. The molecule has 2 rings (SSSR count). The topological polar surface area (TPSA) is 53.1 Å². The van der Waals surface area contributed by atoms with Crippen molar-refractivity contribution in [2.24, 2.45) is 5.73 Å². The maximum Gasteiger partial charge on any atom is 0.123 e. The lowest BCUT2D eigenvalue weighted by atomic mass is 10.3. The molecule has 0 saturated carbocycles. The molecule has 0 unspecified atom stereocenters. The van der Waals surface area contributed by atoms with Gasteiger partial charge in [-0.15, -0.1) is 0 Å². The van der Waals surface area contributed by atoms with E-state index in [1.807, 2.05) is 18.2 Å². The molecule has 0 amide bonds. The minimum atomic E-state index is 0.457. The van der Waals surface area contributed by atoms with E-state index >= 15 is 0 Å². The van der Waals surface area contributed by atoms with Crippen LogP contribution < -0.4 is 5.73 Å². The highest BCUT2D eigenvalue weighted by Crippen LogP contribution is 2.15. The first-order valence-corrected chi connectivity index (χ1v) is 5.00. The molecule has 1 aromatic heterocycles. The Balaban J connectivity index is 2.47. The second-order valence-corrected chi connectivity index (χ2v) is 3.37. The second kappa shape index (κ2) is 4.42. The van der Waals surface area contributed by atoms with Gasteiger partial charge in [-0.1, -0.05) is 12.1 Å². The second-order valence-electron chi connectivity index (χ2n) is 3.37. The highest BCUT2D eigenvalue weighted by Gasteiger charge is 2.07. The van der Waals surface area contributed by atoms with E-state index in [0.29, 0.717) is 13.2 Å². The number of imidazole rings is 1. The van der Waals surface area contributed by atoms with Crippen LogP contribution in [-0.2, 0) is 17.8 Å². The van der Waals surface area contributed by atoms with Crippen molar-refractivity contribution in [1.82, 2.24) is 9.55 Å². The van der Waals surface area contributed by atoms with Gasteiger partial charge in [0.15, 0.2) is 0 Å². The van der Waals surface area contributed by atoms with Crippen molar-refractivity contribution in [2.45, 2.75) is 13.1 Å². The first kappa shape index (κ1) is 10.1. The molecule has 0 spiro atoms. The lowest BCUT2D eigenvalue weighted by Gasteiger charge is -2.06. The van der Waals surface area contributed by atoms with Crippen LogP contribution in [0.15, 0.2) is 24.3 Å². The Kier molecular flexibility index (Phi) is 2.99. The number of hydrogen-bond donors (Lipinski definition) is 1. The molecule has 2 aromatic rings. The average Bonchev–Trinajstić information content (AvgIpc) is 2.64. The number of rotatable bonds is 4. The molecule has 1 aromatic carbocycles. The Morgan fingerprint density at radius 3 is 2.93 bits per heavy atom. The smallest absolute Gasteiger partial charge is 0.123 e. The number of aromatic nitrogens is 2. The third kappa shape index (κ3) is 1.86. The standard InChI is InChI=1S/C11H15N3O/c1-15-7-6-14-10-5-3-2-4-9(10)13-11(14)8-12/h2-5H,6-8,12H2,1H3. The van der Waals surface area contributed by atoms with Crippen LogP contribution in [-0.4, -0.2) is 23.3 Å². The van der Waals surface area contributed by atoms with Crippen LogP contribution in [0.4, 0.5) is 0 Å². The minimum absolute atomic E-state index is 0.457. The van der Waals surface area contributed by atoms with Gasteiger partial charge in [0.2, 0.25) is 0 Å². The molecule has 0 radical (unpaired) electrons. The molecule has 0 atom stereocenters. The molecule has 80 valence electrons. The van der Waals surface area contributed by atoms with Crippen LogP contribution >= 0.6 is 0 Å². The van der Waals surface area contributed by atoms with Crippen molar-refractivity contribution >= 4 is 11.0 Å². The highest BCUT2D eigenvalue weighted by molar-refractivity contribution is 5.75. The predicted molar refractivity (Wildman–Crippen MR) is 59.5 cm³/mol. The fourth-order valence-corrected chi connectivity index (χ4v) is 1.71. The summed E-state index contributed by atoms with van der Waals surface area (Å²) in [5, 5.41) is 0. The third-order valence-electron chi connectivity index (χ3n) is 2.44. The monoisotopic (exact) mass is 205 g/mol. The first-order valence-electron chi connectivity index (χ1n) is 5.00. The molecule has 2 N–H and O–H groups in total. The van der Waals surface area contributed by atoms with E-state index in [1.54, 1.807) is 7.11 Å². The summed E-state index contributed by atoms with van der Waals surface area (Å²) < 4.78 is 7.18. The number of hydrogen-bond acceptors (Lipinski definition) is 3. The molecule has 0 aliphatic carbocycles. The number of methoxy groups -OCH3 is 1. The molecule has 1 heterocycles. The summed E-state index contributed by atoms with van der Waals surface area (Å²) in [6, 6.07) is 8.04. The van der Waals surface area contributed by atoms with E-state index in [9.17, 15) is 0 Å². The Hall–Kier alpha value is -1.39. The molecular weight excluding hydrogens is 190 g/mol. The summed E-state index contributed by atoms with van der Waals surface area (Å²) in [5.74, 6) is 0.910. The number of ether oxygens (including phenoxy) is 1. The normalized spacial score (nSPS) is 11.1. The first-order chi connectivity index (χ1) is 7.36. The molecule has 4 nitrogen and oxygen atoms in total. The van der Waals surface area contributed by atoms with Crippen molar-refractivity contribution in [3.8, 4) is 0 Å². The molecular formula is C11H15N3O. The van der Waals surface area contributed by atoms with Gasteiger partial charge >= 0.3 is 0 Å². The molecule has 0 aliphatic rings. The van der Waals surface area contributed by atoms with Gasteiger partial charge in [-0.2, -0.15) is 0 Å². The fraction of sp³-hybridized carbons (Fsp3) is 0.364. The largest absolute Gasteiger partial charge is 0.383 e. The SMILES string of the molecule is COCCn1c(CN)nc2ccccc21. The Labute approximate surface area is 88.7 Å². The van der Waals surface area contributed by atoms with Gasteiger partial charge in [-0.25, -0.2) is 4.98 Å². The number of nitrogens with two attached hydrogens (primary N) is 1. The van der Waals surface area contributed by atoms with Gasteiger partial charge in [0.1, 0.15) is 5.82 Å². The summed E-state index contributed by atoms with van der Waals surface area (Å²) in [4.78, 5) is 4.47. The zero-order valence-electron chi connectivity index (χ0n) is 8.81. The molecule has 15 heavy (non-hydrogen) atoms. The van der Waals surface area contributed by atoms with Gasteiger partial charge in [0, 0.05) is 13.7 Å². The number of para-hydroxylation sites is 2. The van der Waals surface area contributed by atoms with Gasteiger partial charge in [0.25, 0.3) is 0 Å². The van der Waals surface area contributed by atoms with Crippen LogP contribution in [0.3, 0.4) is 0 Å². The summed E-state index contributed by atoms with van der Waals surface area (Å²) in [6.45, 7) is 1.93. The molecule has 0 saturated heterocycles. The third-order valence-corrected chi connectivity index (χ3v) is 2.44. The van der Waals surface area contributed by atoms with Gasteiger partial charge in [0.05, 0.1) is 24.2 Å². The van der Waals surface area contributed by atoms with Crippen molar-refractivity contribution in [3.63, 3.8) is 0 Å². The van der Waals surface area contributed by atoms with Crippen molar-refractivity contribution in [2.75, 3.05) is 13.7 Å². The maximum absolute atomic E-state index is 5.66. The summed E-state index contributed by atoms with van der Waals surface area (Å²) in [6.07, 6.45) is 0. The Morgan fingerprint density at radius 1 is 1.40 bits per heavy atom. The van der Waals surface area contributed by atoms with Crippen LogP contribution in [0.1, 0.15) is 5.82 Å². The summed E-state index contributed by atoms with van der Waals surface area (Å²) in [5.41, 5.74) is 7.78. The van der Waals surface area contributed by atoms with Gasteiger partial charge in [-0.3, -0.25) is 0 Å². The fourth-order valence-electron chi connectivity index (χ4n) is 1.71. The van der Waals surface area contributed by atoms with E-state index in [4.69, 9.17) is 10.5 Å². The van der Waals surface area contributed by atoms with Crippen molar-refractivity contribution in [1.29, 1.82) is 0 Å². The van der Waals surface area contributed by atoms with Gasteiger partial charge < -0.3 is 15.0 Å². The molecule has 0 aliphatic heterocycles. The van der Waals surface area contributed by atoms with E-state index in [1.165, 1.54) is 0 Å². The lowest BCUT2D eigenvalue weighted by Crippen LogP contribution is -2.11. The number of fused-ring (bicyclic) bond motifs is 1. The highest BCUT2D eigenvalue weighted by atomic mass is 16.5. The van der Waals surface area contributed by atoms with Crippen LogP contribution in [0, 0.1) is 0 Å². The summed E-state index contributed by atoms with van der Waals surface area (Å²) in [7, 11) is 1.70. The number of benzene rings is 1. The lowest BCUT2D eigenvalue weighted by molar-refractivity contribution is 0.187. The van der Waals surface area contributed by atoms with E-state index in [-0.39, 0.29) is 0 Å². The van der Waals surface area contributed by atoms with E-state index in [2.05, 4.69) is 15.6 Å². The van der Waals surface area contributed by atoms with Crippen LogP contribution in [0.25, 0.3) is 11.0 Å². The molecule has 0 fully saturated rings. The molecule has 0 bridgehead atoms.